The van der Waals surface area contributed by atoms with E-state index in [1.807, 2.05) is 6.92 Å². The van der Waals surface area contributed by atoms with Crippen LogP contribution in [0.5, 0.6) is 0 Å². The lowest BCUT2D eigenvalue weighted by Crippen LogP contribution is -2.38. The van der Waals surface area contributed by atoms with E-state index in [0.29, 0.717) is 12.2 Å². The number of ether oxygens (including phenoxy) is 2. The fraction of sp³-hybridized carbons (Fsp3) is 0.500. The van der Waals surface area contributed by atoms with E-state index in [2.05, 4.69) is 15.4 Å². The van der Waals surface area contributed by atoms with Crippen molar-refractivity contribution in [2.75, 3.05) is 19.0 Å². The van der Waals surface area contributed by atoms with Gasteiger partial charge in [-0.15, -0.1) is 0 Å². The molecule has 2 N–H and O–H groups in total. The summed E-state index contributed by atoms with van der Waals surface area (Å²) < 4.78 is 23.2. The summed E-state index contributed by atoms with van der Waals surface area (Å²) in [6.45, 7) is 7.47. The van der Waals surface area contributed by atoms with Crippen LogP contribution in [0.2, 0.25) is 0 Å². The first-order valence-corrected chi connectivity index (χ1v) is 7.23. The molecule has 7 heteroatoms. The number of amides is 1. The maximum absolute atomic E-state index is 13.6. The van der Waals surface area contributed by atoms with Crippen LogP contribution in [-0.2, 0) is 9.47 Å². The van der Waals surface area contributed by atoms with E-state index < -0.39 is 23.5 Å². The number of alkyl carbamates (subject to hydrolysis) is 1. The Balaban J connectivity index is 2.59. The van der Waals surface area contributed by atoms with Gasteiger partial charge in [-0.05, 0) is 45.9 Å². The third-order valence-corrected chi connectivity index (χ3v) is 2.74. The SMILES string of the molecule is COC(=O)c1cc(NC(C)CNC(=O)OC(C)(C)C)ccc1F. The van der Waals surface area contributed by atoms with Gasteiger partial charge in [-0.2, -0.15) is 0 Å². The van der Waals surface area contributed by atoms with Crippen molar-refractivity contribution in [1.82, 2.24) is 5.32 Å². The van der Waals surface area contributed by atoms with Gasteiger partial charge >= 0.3 is 12.1 Å². The summed E-state index contributed by atoms with van der Waals surface area (Å²) in [4.78, 5) is 23.0. The summed E-state index contributed by atoms with van der Waals surface area (Å²) in [7, 11) is 1.19. The molecule has 1 aromatic rings. The van der Waals surface area contributed by atoms with Crippen LogP contribution in [0.3, 0.4) is 0 Å². The topological polar surface area (TPSA) is 76.7 Å². The molecule has 6 nitrogen and oxygen atoms in total. The van der Waals surface area contributed by atoms with Gasteiger partial charge < -0.3 is 20.1 Å². The lowest BCUT2D eigenvalue weighted by molar-refractivity contribution is 0.0525. The van der Waals surface area contributed by atoms with Crippen LogP contribution in [0.1, 0.15) is 38.1 Å². The first-order valence-electron chi connectivity index (χ1n) is 7.23. The van der Waals surface area contributed by atoms with Gasteiger partial charge in [-0.3, -0.25) is 0 Å². The second-order valence-electron chi connectivity index (χ2n) is 6.11. The molecule has 0 saturated carbocycles. The first kappa shape index (κ1) is 18.7. The maximum Gasteiger partial charge on any atom is 0.407 e. The molecule has 1 rings (SSSR count). The molecule has 0 bridgehead atoms. The highest BCUT2D eigenvalue weighted by atomic mass is 19.1. The van der Waals surface area contributed by atoms with Gasteiger partial charge in [0.25, 0.3) is 0 Å². The monoisotopic (exact) mass is 326 g/mol. The molecule has 0 aromatic heterocycles. The Labute approximate surface area is 135 Å². The summed E-state index contributed by atoms with van der Waals surface area (Å²) in [5.74, 6) is -1.40. The van der Waals surface area contributed by atoms with Crippen molar-refractivity contribution in [2.24, 2.45) is 0 Å². The Morgan fingerprint density at radius 1 is 1.30 bits per heavy atom. The Morgan fingerprint density at radius 2 is 1.96 bits per heavy atom. The lowest BCUT2D eigenvalue weighted by atomic mass is 10.1. The maximum atomic E-state index is 13.6. The molecule has 1 atom stereocenters. The fourth-order valence-corrected chi connectivity index (χ4v) is 1.77. The second-order valence-corrected chi connectivity index (χ2v) is 6.11. The zero-order chi connectivity index (χ0) is 17.6. The molecule has 0 aliphatic rings. The molecule has 1 amide bonds. The predicted octanol–water partition coefficient (Wildman–Crippen LogP) is 2.94. The van der Waals surface area contributed by atoms with Crippen molar-refractivity contribution >= 4 is 17.7 Å². The normalized spacial score (nSPS) is 12.3. The largest absolute Gasteiger partial charge is 0.465 e. The quantitative estimate of drug-likeness (QED) is 0.814. The van der Waals surface area contributed by atoms with Crippen LogP contribution < -0.4 is 10.6 Å². The number of methoxy groups -OCH3 is 1. The molecule has 1 aromatic carbocycles. The molecule has 0 radical (unpaired) electrons. The van der Waals surface area contributed by atoms with Crippen molar-refractivity contribution in [3.63, 3.8) is 0 Å². The number of benzene rings is 1. The zero-order valence-corrected chi connectivity index (χ0v) is 14.0. The summed E-state index contributed by atoms with van der Waals surface area (Å²) >= 11 is 0. The minimum absolute atomic E-state index is 0.148. The number of nitrogens with one attached hydrogen (secondary N) is 2. The van der Waals surface area contributed by atoms with E-state index >= 15 is 0 Å². The van der Waals surface area contributed by atoms with Gasteiger partial charge in [-0.25, -0.2) is 14.0 Å². The third kappa shape index (κ3) is 6.54. The fourth-order valence-electron chi connectivity index (χ4n) is 1.77. The summed E-state index contributed by atoms with van der Waals surface area (Å²) in [6.07, 6.45) is -0.513. The summed E-state index contributed by atoms with van der Waals surface area (Å²) in [6, 6.07) is 3.90. The van der Waals surface area contributed by atoms with Gasteiger partial charge in [-0.1, -0.05) is 0 Å². The van der Waals surface area contributed by atoms with E-state index in [-0.39, 0.29) is 11.6 Å². The van der Waals surface area contributed by atoms with Crippen molar-refractivity contribution in [3.05, 3.63) is 29.6 Å². The number of anilines is 1. The molecule has 128 valence electrons. The molecule has 0 fully saturated rings. The minimum atomic E-state index is -0.745. The number of halogens is 1. The summed E-state index contributed by atoms with van der Waals surface area (Å²) in [5, 5.41) is 5.69. The molecule has 0 spiro atoms. The van der Waals surface area contributed by atoms with Crippen LogP contribution in [0, 0.1) is 5.82 Å². The van der Waals surface area contributed by atoms with Crippen molar-refractivity contribution in [2.45, 2.75) is 39.3 Å². The molecule has 0 aliphatic heterocycles. The number of carbonyl (C=O) groups is 2. The highest BCUT2D eigenvalue weighted by Gasteiger charge is 2.17. The second kappa shape index (κ2) is 7.80. The van der Waals surface area contributed by atoms with Gasteiger partial charge in [0.05, 0.1) is 12.7 Å². The van der Waals surface area contributed by atoms with Crippen molar-refractivity contribution in [3.8, 4) is 0 Å². The molecule has 0 saturated heterocycles. The van der Waals surface area contributed by atoms with E-state index in [9.17, 15) is 14.0 Å². The number of rotatable bonds is 5. The third-order valence-electron chi connectivity index (χ3n) is 2.74. The van der Waals surface area contributed by atoms with Crippen LogP contribution in [0.15, 0.2) is 18.2 Å². The first-order chi connectivity index (χ1) is 10.6. The van der Waals surface area contributed by atoms with Crippen molar-refractivity contribution < 1.29 is 23.5 Å². The highest BCUT2D eigenvalue weighted by molar-refractivity contribution is 5.90. The average molecular weight is 326 g/mol. The van der Waals surface area contributed by atoms with E-state index in [4.69, 9.17) is 4.74 Å². The Kier molecular flexibility index (Phi) is 6.36. The molecule has 0 aliphatic carbocycles. The molecular weight excluding hydrogens is 303 g/mol. The molecule has 23 heavy (non-hydrogen) atoms. The number of carbonyl (C=O) groups excluding carboxylic acids is 2. The minimum Gasteiger partial charge on any atom is -0.465 e. The zero-order valence-electron chi connectivity index (χ0n) is 14.0. The molecule has 0 heterocycles. The predicted molar refractivity (Wildman–Crippen MR) is 85.1 cm³/mol. The Bertz CT molecular complexity index is 570. The van der Waals surface area contributed by atoms with E-state index in [0.717, 1.165) is 0 Å². The van der Waals surface area contributed by atoms with Crippen LogP contribution >= 0.6 is 0 Å². The average Bonchev–Trinajstić information content (AvgIpc) is 2.44. The highest BCUT2D eigenvalue weighted by Crippen LogP contribution is 2.16. The Morgan fingerprint density at radius 3 is 2.52 bits per heavy atom. The van der Waals surface area contributed by atoms with E-state index in [1.54, 1.807) is 20.8 Å². The van der Waals surface area contributed by atoms with Gasteiger partial charge in [0, 0.05) is 18.3 Å². The van der Waals surface area contributed by atoms with Gasteiger partial charge in [0.1, 0.15) is 11.4 Å². The standard InChI is InChI=1S/C16H23FN2O4/c1-10(9-18-15(21)23-16(2,3)4)19-11-6-7-13(17)12(8-11)14(20)22-5/h6-8,10,19H,9H2,1-5H3,(H,18,21). The van der Waals surface area contributed by atoms with Crippen LogP contribution in [-0.4, -0.2) is 37.4 Å². The number of hydrogen-bond acceptors (Lipinski definition) is 5. The number of esters is 1. The molecular formula is C16H23FN2O4. The number of hydrogen-bond donors (Lipinski definition) is 2. The van der Waals surface area contributed by atoms with E-state index in [1.165, 1.54) is 25.3 Å². The van der Waals surface area contributed by atoms with Crippen molar-refractivity contribution in [1.29, 1.82) is 0 Å². The summed E-state index contributed by atoms with van der Waals surface area (Å²) in [5.41, 5.74) is -0.164. The molecule has 1 unspecified atom stereocenters. The van der Waals surface area contributed by atoms with Gasteiger partial charge in [0.15, 0.2) is 0 Å². The van der Waals surface area contributed by atoms with Gasteiger partial charge in [0.2, 0.25) is 0 Å². The lowest BCUT2D eigenvalue weighted by Gasteiger charge is -2.21. The smallest absolute Gasteiger partial charge is 0.407 e. The van der Waals surface area contributed by atoms with Crippen LogP contribution in [0.25, 0.3) is 0 Å². The van der Waals surface area contributed by atoms with Crippen LogP contribution in [0.4, 0.5) is 14.9 Å². The Hall–Kier alpha value is -2.31.